The molecular weight excluding hydrogens is 326 g/mol. The number of H-pyrrole nitrogens is 1. The second-order valence-electron chi connectivity index (χ2n) is 5.95. The van der Waals surface area contributed by atoms with E-state index in [4.69, 9.17) is 4.52 Å². The van der Waals surface area contributed by atoms with Gasteiger partial charge in [0.25, 0.3) is 0 Å². The topological polar surface area (TPSA) is 121 Å². The molecule has 1 aliphatic rings. The molecule has 1 fully saturated rings. The quantitative estimate of drug-likeness (QED) is 0.822. The van der Waals surface area contributed by atoms with E-state index in [1.54, 1.807) is 11.0 Å². The average Bonchev–Trinajstić information content (AvgIpc) is 3.09. The van der Waals surface area contributed by atoms with E-state index in [-0.39, 0.29) is 35.7 Å². The molecule has 9 heteroatoms. The van der Waals surface area contributed by atoms with Gasteiger partial charge in [-0.05, 0) is 18.9 Å². The van der Waals surface area contributed by atoms with Gasteiger partial charge in [-0.1, -0.05) is 5.16 Å². The molecule has 0 radical (unpaired) electrons. The number of pyridine rings is 1. The van der Waals surface area contributed by atoms with Crippen molar-refractivity contribution in [3.63, 3.8) is 0 Å². The predicted molar refractivity (Wildman–Crippen MR) is 87.2 cm³/mol. The Hall–Kier alpha value is -2.97. The van der Waals surface area contributed by atoms with E-state index in [0.717, 1.165) is 0 Å². The fourth-order valence-corrected chi connectivity index (χ4v) is 2.79. The molecule has 3 rings (SSSR count). The number of amides is 2. The summed E-state index contributed by atoms with van der Waals surface area (Å²) in [7, 11) is 0. The lowest BCUT2D eigenvalue weighted by atomic mass is 9.96. The molecule has 132 valence electrons. The van der Waals surface area contributed by atoms with Gasteiger partial charge in [-0.25, -0.2) is 0 Å². The first-order valence-corrected chi connectivity index (χ1v) is 8.08. The Morgan fingerprint density at radius 1 is 1.40 bits per heavy atom. The van der Waals surface area contributed by atoms with Crippen molar-refractivity contribution >= 4 is 11.8 Å². The van der Waals surface area contributed by atoms with Gasteiger partial charge in [0.05, 0.1) is 6.54 Å². The van der Waals surface area contributed by atoms with E-state index in [9.17, 15) is 14.4 Å². The van der Waals surface area contributed by atoms with Crippen molar-refractivity contribution in [1.82, 2.24) is 25.3 Å². The van der Waals surface area contributed by atoms with Crippen LogP contribution in [0, 0.1) is 5.92 Å². The number of aromatic nitrogens is 3. The number of rotatable bonds is 4. The number of aromatic amines is 1. The summed E-state index contributed by atoms with van der Waals surface area (Å²) in [5.41, 5.74) is 0.288. The highest BCUT2D eigenvalue weighted by molar-refractivity contribution is 5.79. The summed E-state index contributed by atoms with van der Waals surface area (Å²) in [4.78, 5) is 43.3. The van der Waals surface area contributed by atoms with Gasteiger partial charge < -0.3 is 19.7 Å². The van der Waals surface area contributed by atoms with Crippen molar-refractivity contribution in [1.29, 1.82) is 0 Å². The van der Waals surface area contributed by atoms with E-state index >= 15 is 0 Å². The van der Waals surface area contributed by atoms with Gasteiger partial charge in [0.1, 0.15) is 0 Å². The molecule has 2 aromatic rings. The van der Waals surface area contributed by atoms with Crippen LogP contribution in [0.4, 0.5) is 0 Å². The second-order valence-corrected chi connectivity index (χ2v) is 5.95. The summed E-state index contributed by atoms with van der Waals surface area (Å²) in [5, 5.41) is 6.60. The minimum Gasteiger partial charge on any atom is -0.347 e. The van der Waals surface area contributed by atoms with E-state index in [1.807, 2.05) is 0 Å². The summed E-state index contributed by atoms with van der Waals surface area (Å²) >= 11 is 0. The van der Waals surface area contributed by atoms with E-state index in [0.29, 0.717) is 37.3 Å². The Kier molecular flexibility index (Phi) is 4.92. The number of hydrogen-bond acceptors (Lipinski definition) is 6. The minimum absolute atomic E-state index is 0.0389. The summed E-state index contributed by atoms with van der Waals surface area (Å²) < 4.78 is 5.10. The Balaban J connectivity index is 1.53. The SMILES string of the molecule is CC(=O)N1CCC(C(=O)NCc2nc(-c3cc[nH]c(=O)c3)no2)CC1. The van der Waals surface area contributed by atoms with Crippen LogP contribution in [0.5, 0.6) is 0 Å². The zero-order valence-corrected chi connectivity index (χ0v) is 13.8. The van der Waals surface area contributed by atoms with Crippen LogP contribution in [-0.4, -0.2) is 44.9 Å². The molecule has 1 saturated heterocycles. The van der Waals surface area contributed by atoms with Crippen LogP contribution >= 0.6 is 0 Å². The molecule has 2 aromatic heterocycles. The van der Waals surface area contributed by atoms with Gasteiger partial charge in [-0.2, -0.15) is 4.98 Å². The van der Waals surface area contributed by atoms with Crippen LogP contribution < -0.4 is 10.9 Å². The van der Waals surface area contributed by atoms with Crippen molar-refractivity contribution < 1.29 is 14.1 Å². The van der Waals surface area contributed by atoms with Crippen molar-refractivity contribution in [2.75, 3.05) is 13.1 Å². The highest BCUT2D eigenvalue weighted by Gasteiger charge is 2.26. The molecule has 0 aromatic carbocycles. The second kappa shape index (κ2) is 7.29. The Morgan fingerprint density at radius 2 is 2.16 bits per heavy atom. The molecule has 25 heavy (non-hydrogen) atoms. The number of carbonyl (C=O) groups is 2. The maximum Gasteiger partial charge on any atom is 0.248 e. The third-order valence-electron chi connectivity index (χ3n) is 4.23. The molecule has 0 atom stereocenters. The van der Waals surface area contributed by atoms with E-state index in [2.05, 4.69) is 20.4 Å². The maximum atomic E-state index is 12.2. The molecule has 1 aliphatic heterocycles. The Bertz CT molecular complexity index is 820. The molecule has 0 bridgehead atoms. The highest BCUT2D eigenvalue weighted by atomic mass is 16.5. The normalized spacial score (nSPS) is 15.2. The zero-order valence-electron chi connectivity index (χ0n) is 13.8. The largest absolute Gasteiger partial charge is 0.347 e. The van der Waals surface area contributed by atoms with E-state index < -0.39 is 0 Å². The third-order valence-corrected chi connectivity index (χ3v) is 4.23. The first-order valence-electron chi connectivity index (χ1n) is 8.08. The van der Waals surface area contributed by atoms with Gasteiger partial charge in [0.15, 0.2) is 0 Å². The molecule has 0 spiro atoms. The molecular formula is C16H19N5O4. The summed E-state index contributed by atoms with van der Waals surface area (Å²) in [6.07, 6.45) is 2.80. The van der Waals surface area contributed by atoms with Crippen molar-refractivity contribution in [2.45, 2.75) is 26.3 Å². The number of piperidine rings is 1. The molecule has 9 nitrogen and oxygen atoms in total. The van der Waals surface area contributed by atoms with Crippen LogP contribution in [0.25, 0.3) is 11.4 Å². The first kappa shape index (κ1) is 16.9. The number of likely N-dealkylation sites (tertiary alicyclic amines) is 1. The zero-order chi connectivity index (χ0) is 17.8. The lowest BCUT2D eigenvalue weighted by Crippen LogP contribution is -2.42. The van der Waals surface area contributed by atoms with Gasteiger partial charge in [0, 0.05) is 43.8 Å². The van der Waals surface area contributed by atoms with Crippen molar-refractivity contribution in [2.24, 2.45) is 5.92 Å². The number of hydrogen-bond donors (Lipinski definition) is 2. The maximum absolute atomic E-state index is 12.2. The van der Waals surface area contributed by atoms with Crippen LogP contribution in [0.2, 0.25) is 0 Å². The molecule has 0 aliphatic carbocycles. The number of carbonyl (C=O) groups excluding carboxylic acids is 2. The summed E-state index contributed by atoms with van der Waals surface area (Å²) in [6, 6.07) is 3.04. The summed E-state index contributed by atoms with van der Waals surface area (Å²) in [5.74, 6) is 0.400. The first-order chi connectivity index (χ1) is 12.0. The molecule has 2 amide bonds. The lowest BCUT2D eigenvalue weighted by Gasteiger charge is -2.30. The minimum atomic E-state index is -0.256. The number of nitrogens with zero attached hydrogens (tertiary/aromatic N) is 3. The fourth-order valence-electron chi connectivity index (χ4n) is 2.79. The van der Waals surface area contributed by atoms with Crippen LogP contribution in [0.1, 0.15) is 25.7 Å². The van der Waals surface area contributed by atoms with Crippen LogP contribution in [0.3, 0.4) is 0 Å². The van der Waals surface area contributed by atoms with Gasteiger partial charge in [-0.3, -0.25) is 14.4 Å². The highest BCUT2D eigenvalue weighted by Crippen LogP contribution is 2.18. The van der Waals surface area contributed by atoms with Crippen LogP contribution in [-0.2, 0) is 16.1 Å². The van der Waals surface area contributed by atoms with Gasteiger partial charge in [-0.15, -0.1) is 0 Å². The summed E-state index contributed by atoms with van der Waals surface area (Å²) in [6.45, 7) is 2.86. The molecule has 3 heterocycles. The Morgan fingerprint density at radius 3 is 2.84 bits per heavy atom. The predicted octanol–water partition coefficient (Wildman–Crippen LogP) is 0.300. The van der Waals surface area contributed by atoms with Crippen molar-refractivity contribution in [3.8, 4) is 11.4 Å². The van der Waals surface area contributed by atoms with Gasteiger partial charge in [0.2, 0.25) is 29.1 Å². The Labute approximate surface area is 143 Å². The fraction of sp³-hybridized carbons (Fsp3) is 0.438. The smallest absolute Gasteiger partial charge is 0.248 e. The van der Waals surface area contributed by atoms with E-state index in [1.165, 1.54) is 19.2 Å². The standard InChI is InChI=1S/C16H19N5O4/c1-10(22)21-6-3-11(4-7-21)16(24)18-9-14-19-15(20-25-14)12-2-5-17-13(23)8-12/h2,5,8,11H,3-4,6-7,9H2,1H3,(H,17,23)(H,18,24). The third kappa shape index (κ3) is 4.11. The monoisotopic (exact) mass is 345 g/mol. The molecule has 0 saturated carbocycles. The number of nitrogens with one attached hydrogen (secondary N) is 2. The average molecular weight is 345 g/mol. The van der Waals surface area contributed by atoms with Crippen LogP contribution in [0.15, 0.2) is 27.6 Å². The van der Waals surface area contributed by atoms with Gasteiger partial charge >= 0.3 is 0 Å². The molecule has 0 unspecified atom stereocenters. The van der Waals surface area contributed by atoms with Crippen molar-refractivity contribution in [3.05, 3.63) is 34.6 Å². The molecule has 2 N–H and O–H groups in total. The lowest BCUT2D eigenvalue weighted by molar-refractivity contribution is -0.134.